The highest BCUT2D eigenvalue weighted by molar-refractivity contribution is 6.30. The molecule has 0 amide bonds. The van der Waals surface area contributed by atoms with Crippen molar-refractivity contribution in [1.29, 1.82) is 0 Å². The van der Waals surface area contributed by atoms with Gasteiger partial charge in [-0.25, -0.2) is 0 Å². The SMILES string of the molecule is CCCOc1ncnc(Oc2ccc(Cl)cc2)c1N. The van der Waals surface area contributed by atoms with Crippen molar-refractivity contribution < 1.29 is 9.47 Å². The van der Waals surface area contributed by atoms with Gasteiger partial charge in [0.05, 0.1) is 6.61 Å². The van der Waals surface area contributed by atoms with E-state index in [4.69, 9.17) is 26.8 Å². The molecule has 0 saturated carbocycles. The van der Waals surface area contributed by atoms with Crippen molar-refractivity contribution in [1.82, 2.24) is 9.97 Å². The number of nitrogens with two attached hydrogens (primary N) is 1. The van der Waals surface area contributed by atoms with Crippen LogP contribution in [0, 0.1) is 0 Å². The van der Waals surface area contributed by atoms with Gasteiger partial charge in [0.25, 0.3) is 0 Å². The van der Waals surface area contributed by atoms with Crippen molar-refractivity contribution in [2.24, 2.45) is 0 Å². The Balaban J connectivity index is 2.18. The lowest BCUT2D eigenvalue weighted by Gasteiger charge is -2.10. The zero-order valence-corrected chi connectivity index (χ0v) is 11.2. The zero-order valence-electron chi connectivity index (χ0n) is 10.5. The molecule has 0 unspecified atom stereocenters. The first-order chi connectivity index (χ1) is 9.20. The maximum Gasteiger partial charge on any atom is 0.249 e. The summed E-state index contributed by atoms with van der Waals surface area (Å²) in [6.07, 6.45) is 2.23. The second kappa shape index (κ2) is 6.24. The fraction of sp³-hybridized carbons (Fsp3) is 0.231. The van der Waals surface area contributed by atoms with Crippen molar-refractivity contribution in [3.8, 4) is 17.5 Å². The number of rotatable bonds is 5. The van der Waals surface area contributed by atoms with Crippen LogP contribution in [0.5, 0.6) is 17.5 Å². The average Bonchev–Trinajstić information content (AvgIpc) is 2.42. The number of hydrogen-bond acceptors (Lipinski definition) is 5. The molecule has 6 heteroatoms. The quantitative estimate of drug-likeness (QED) is 0.909. The molecular formula is C13H14ClN3O2. The molecule has 1 heterocycles. The standard InChI is InChI=1S/C13H14ClN3O2/c1-2-7-18-12-11(15)13(17-8-16-12)19-10-5-3-9(14)4-6-10/h3-6,8H,2,7,15H2,1H3. The lowest BCUT2D eigenvalue weighted by molar-refractivity contribution is 0.304. The second-order valence-electron chi connectivity index (χ2n) is 3.80. The summed E-state index contributed by atoms with van der Waals surface area (Å²) in [5.74, 6) is 1.19. The van der Waals surface area contributed by atoms with Crippen molar-refractivity contribution in [3.05, 3.63) is 35.6 Å². The highest BCUT2D eigenvalue weighted by Gasteiger charge is 2.11. The summed E-state index contributed by atoms with van der Waals surface area (Å²) >= 11 is 5.80. The Morgan fingerprint density at radius 3 is 2.53 bits per heavy atom. The van der Waals surface area contributed by atoms with Gasteiger partial charge < -0.3 is 15.2 Å². The molecule has 5 nitrogen and oxygen atoms in total. The first-order valence-electron chi connectivity index (χ1n) is 5.87. The first kappa shape index (κ1) is 13.4. The van der Waals surface area contributed by atoms with E-state index < -0.39 is 0 Å². The highest BCUT2D eigenvalue weighted by Crippen LogP contribution is 2.30. The Morgan fingerprint density at radius 2 is 1.84 bits per heavy atom. The topological polar surface area (TPSA) is 70.3 Å². The van der Waals surface area contributed by atoms with Gasteiger partial charge in [0.2, 0.25) is 11.8 Å². The molecule has 0 bridgehead atoms. The Morgan fingerprint density at radius 1 is 1.16 bits per heavy atom. The molecule has 0 radical (unpaired) electrons. The van der Waals surface area contributed by atoms with E-state index in [1.54, 1.807) is 24.3 Å². The van der Waals surface area contributed by atoms with Crippen molar-refractivity contribution >= 4 is 17.3 Å². The van der Waals surface area contributed by atoms with E-state index in [9.17, 15) is 0 Å². The van der Waals surface area contributed by atoms with Crippen LogP contribution in [-0.2, 0) is 0 Å². The fourth-order valence-corrected chi connectivity index (χ4v) is 1.50. The van der Waals surface area contributed by atoms with Gasteiger partial charge in [0.15, 0.2) is 5.69 Å². The van der Waals surface area contributed by atoms with Gasteiger partial charge in [-0.3, -0.25) is 0 Å². The van der Waals surface area contributed by atoms with Crippen LogP contribution < -0.4 is 15.2 Å². The van der Waals surface area contributed by atoms with Crippen molar-refractivity contribution in [3.63, 3.8) is 0 Å². The third-order valence-electron chi connectivity index (χ3n) is 2.28. The van der Waals surface area contributed by atoms with Gasteiger partial charge >= 0.3 is 0 Å². The molecule has 0 aliphatic rings. The number of nitrogens with zero attached hydrogens (tertiary/aromatic N) is 2. The maximum absolute atomic E-state index is 5.90. The predicted octanol–water partition coefficient (Wildman–Crippen LogP) is 3.29. The summed E-state index contributed by atoms with van der Waals surface area (Å²) in [6.45, 7) is 2.55. The van der Waals surface area contributed by atoms with E-state index in [0.717, 1.165) is 6.42 Å². The van der Waals surface area contributed by atoms with Crippen LogP contribution in [0.15, 0.2) is 30.6 Å². The number of ether oxygens (including phenoxy) is 2. The summed E-state index contributed by atoms with van der Waals surface area (Å²) in [5, 5.41) is 0.634. The molecular weight excluding hydrogens is 266 g/mol. The Kier molecular flexibility index (Phi) is 4.41. The van der Waals surface area contributed by atoms with E-state index in [1.807, 2.05) is 6.92 Å². The van der Waals surface area contributed by atoms with Crippen molar-refractivity contribution in [2.75, 3.05) is 12.3 Å². The minimum Gasteiger partial charge on any atom is -0.476 e. The number of halogens is 1. The number of hydrogen-bond donors (Lipinski definition) is 1. The van der Waals surface area contributed by atoms with Gasteiger partial charge in [-0.2, -0.15) is 9.97 Å². The molecule has 1 aromatic heterocycles. The monoisotopic (exact) mass is 279 g/mol. The van der Waals surface area contributed by atoms with Gasteiger partial charge in [-0.05, 0) is 30.7 Å². The molecule has 0 spiro atoms. The molecule has 19 heavy (non-hydrogen) atoms. The summed E-state index contributed by atoms with van der Waals surface area (Å²) in [5.41, 5.74) is 6.18. The van der Waals surface area contributed by atoms with Crippen LogP contribution in [0.1, 0.15) is 13.3 Å². The van der Waals surface area contributed by atoms with E-state index in [2.05, 4.69) is 9.97 Å². The Labute approximate surface area is 116 Å². The molecule has 0 atom stereocenters. The summed E-state index contributed by atoms with van der Waals surface area (Å²) in [6, 6.07) is 6.92. The van der Waals surface area contributed by atoms with Crippen LogP contribution in [0.2, 0.25) is 5.02 Å². The number of aromatic nitrogens is 2. The predicted molar refractivity (Wildman–Crippen MR) is 73.8 cm³/mol. The minimum atomic E-state index is 0.267. The zero-order chi connectivity index (χ0) is 13.7. The number of nitrogen functional groups attached to an aromatic ring is 1. The molecule has 0 fully saturated rings. The minimum absolute atomic E-state index is 0.267. The van der Waals surface area contributed by atoms with E-state index in [0.29, 0.717) is 23.3 Å². The largest absolute Gasteiger partial charge is 0.476 e. The molecule has 2 rings (SSSR count). The summed E-state index contributed by atoms with van der Waals surface area (Å²) < 4.78 is 11.0. The maximum atomic E-state index is 5.90. The summed E-state index contributed by atoms with van der Waals surface area (Å²) in [7, 11) is 0. The molecule has 1 aromatic carbocycles. The molecule has 0 aliphatic carbocycles. The van der Waals surface area contributed by atoms with E-state index in [1.165, 1.54) is 6.33 Å². The molecule has 2 N–H and O–H groups in total. The third-order valence-corrected chi connectivity index (χ3v) is 2.53. The molecule has 0 aliphatic heterocycles. The summed E-state index contributed by atoms with van der Waals surface area (Å²) in [4.78, 5) is 7.97. The highest BCUT2D eigenvalue weighted by atomic mass is 35.5. The Hall–Kier alpha value is -2.01. The van der Waals surface area contributed by atoms with Gasteiger partial charge in [-0.1, -0.05) is 18.5 Å². The third kappa shape index (κ3) is 3.48. The Bertz CT molecular complexity index is 546. The average molecular weight is 280 g/mol. The number of anilines is 1. The van der Waals surface area contributed by atoms with Gasteiger partial charge in [0, 0.05) is 5.02 Å². The van der Waals surface area contributed by atoms with Gasteiger partial charge in [-0.15, -0.1) is 0 Å². The van der Waals surface area contributed by atoms with Crippen molar-refractivity contribution in [2.45, 2.75) is 13.3 Å². The normalized spacial score (nSPS) is 10.2. The van der Waals surface area contributed by atoms with Gasteiger partial charge in [0.1, 0.15) is 12.1 Å². The lowest BCUT2D eigenvalue weighted by Crippen LogP contribution is -2.04. The van der Waals surface area contributed by atoms with Crippen LogP contribution in [0.4, 0.5) is 5.69 Å². The van der Waals surface area contributed by atoms with E-state index in [-0.39, 0.29) is 11.6 Å². The molecule has 2 aromatic rings. The smallest absolute Gasteiger partial charge is 0.249 e. The fourth-order valence-electron chi connectivity index (χ4n) is 1.37. The van der Waals surface area contributed by atoms with Crippen LogP contribution in [0.25, 0.3) is 0 Å². The van der Waals surface area contributed by atoms with Crippen LogP contribution in [-0.4, -0.2) is 16.6 Å². The number of benzene rings is 1. The van der Waals surface area contributed by atoms with Crippen LogP contribution in [0.3, 0.4) is 0 Å². The molecule has 0 saturated heterocycles. The first-order valence-corrected chi connectivity index (χ1v) is 6.25. The van der Waals surface area contributed by atoms with Crippen LogP contribution >= 0.6 is 11.6 Å². The molecule has 100 valence electrons. The lowest BCUT2D eigenvalue weighted by atomic mass is 10.3. The second-order valence-corrected chi connectivity index (χ2v) is 4.24. The van der Waals surface area contributed by atoms with E-state index >= 15 is 0 Å².